The Hall–Kier alpha value is -1.34. The molecule has 1 aromatic rings. The Balaban J connectivity index is 2.08. The molecule has 0 aliphatic heterocycles. The van der Waals surface area contributed by atoms with E-state index in [4.69, 9.17) is 5.11 Å². The summed E-state index contributed by atoms with van der Waals surface area (Å²) in [5.74, 6) is 6.79. The topological polar surface area (TPSA) is 44.9 Å². The lowest BCUT2D eigenvalue weighted by Gasteiger charge is -2.33. The zero-order valence-electron chi connectivity index (χ0n) is 15.1. The van der Waals surface area contributed by atoms with Crippen molar-refractivity contribution in [2.24, 2.45) is 5.92 Å². The summed E-state index contributed by atoms with van der Waals surface area (Å²) in [5, 5.41) is 20.6. The Bertz CT molecular complexity index is 540. The number of hydrogen-bond donors (Lipinski definition) is 3. The van der Waals surface area contributed by atoms with Crippen LogP contribution in [0.15, 0.2) is 30.3 Å². The number of benzene rings is 1. The molecule has 2 atom stereocenters. The predicted molar refractivity (Wildman–Crippen MR) is 97.6 cm³/mol. The van der Waals surface area contributed by atoms with E-state index in [0.717, 1.165) is 24.9 Å². The van der Waals surface area contributed by atoms with Crippen LogP contribution in [0.3, 0.4) is 0 Å². The fraction of sp³-hybridized carbons (Fsp3) is 0.619. The van der Waals surface area contributed by atoms with Crippen LogP contribution in [0.1, 0.15) is 51.5 Å². The van der Waals surface area contributed by atoms with Gasteiger partial charge in [0.15, 0.2) is 0 Å². The van der Waals surface area contributed by atoms with Crippen LogP contribution in [0.2, 0.25) is 0 Å². The number of rotatable bonds is 7. The van der Waals surface area contributed by atoms with E-state index in [2.05, 4.69) is 25.7 Å². The van der Waals surface area contributed by atoms with Crippen LogP contribution in [0.4, 0.5) is 0 Å². The van der Waals surface area contributed by atoms with Gasteiger partial charge in [0.1, 0.15) is 18.7 Å². The van der Waals surface area contributed by atoms with Crippen molar-refractivity contribution in [2.75, 3.05) is 19.7 Å². The monoisotopic (exact) mass is 330 g/mol. The number of aliphatic hydroxyl groups excluding tert-OH is 1. The minimum absolute atomic E-state index is 0.186. The Morgan fingerprint density at radius 1 is 1.17 bits per heavy atom. The van der Waals surface area contributed by atoms with E-state index in [1.54, 1.807) is 0 Å². The van der Waals surface area contributed by atoms with E-state index in [1.165, 1.54) is 17.7 Å². The summed E-state index contributed by atoms with van der Waals surface area (Å²) in [6, 6.07) is 10.5. The average molecular weight is 330 g/mol. The lowest BCUT2D eigenvalue weighted by atomic mass is 9.78. The van der Waals surface area contributed by atoms with Crippen LogP contribution in [0, 0.1) is 17.8 Å². The molecule has 0 aromatic heterocycles. The van der Waals surface area contributed by atoms with Crippen molar-refractivity contribution in [3.05, 3.63) is 35.9 Å². The molecule has 1 aliphatic carbocycles. The average Bonchev–Trinajstić information content (AvgIpc) is 3.13. The molecule has 3 nitrogen and oxygen atoms in total. The third-order valence-corrected chi connectivity index (χ3v) is 5.35. The maximum absolute atomic E-state index is 11.4. The van der Waals surface area contributed by atoms with Gasteiger partial charge in [-0.2, -0.15) is 0 Å². The summed E-state index contributed by atoms with van der Waals surface area (Å²) < 4.78 is 0. The highest BCUT2D eigenvalue weighted by Gasteiger charge is 2.39. The lowest BCUT2D eigenvalue weighted by Crippen LogP contribution is -3.15. The number of hydrogen-bond acceptors (Lipinski definition) is 2. The van der Waals surface area contributed by atoms with Crippen LogP contribution in [0.25, 0.3) is 0 Å². The second-order valence-electron chi connectivity index (χ2n) is 7.27. The minimum Gasteiger partial charge on any atom is -0.391 e. The van der Waals surface area contributed by atoms with Crippen molar-refractivity contribution < 1.29 is 15.1 Å². The molecular weight excluding hydrogens is 298 g/mol. The van der Waals surface area contributed by atoms with Crippen molar-refractivity contribution in [1.82, 2.24) is 0 Å². The predicted octanol–water partition coefficient (Wildman–Crippen LogP) is 1.74. The molecule has 24 heavy (non-hydrogen) atoms. The molecule has 1 fully saturated rings. The van der Waals surface area contributed by atoms with Gasteiger partial charge in [-0.1, -0.05) is 49.1 Å². The quantitative estimate of drug-likeness (QED) is 0.667. The van der Waals surface area contributed by atoms with Gasteiger partial charge in [0, 0.05) is 6.42 Å². The third-order valence-electron chi connectivity index (χ3n) is 5.35. The zero-order valence-corrected chi connectivity index (χ0v) is 15.1. The lowest BCUT2D eigenvalue weighted by molar-refractivity contribution is -0.914. The maximum atomic E-state index is 11.4. The van der Waals surface area contributed by atoms with E-state index < -0.39 is 5.60 Å². The first kappa shape index (κ1) is 19.0. The Morgan fingerprint density at radius 3 is 2.42 bits per heavy atom. The molecule has 0 amide bonds. The van der Waals surface area contributed by atoms with E-state index in [9.17, 15) is 5.11 Å². The molecule has 1 aliphatic rings. The molecule has 0 saturated heterocycles. The second kappa shape index (κ2) is 9.22. The SMILES string of the molecule is CC(C)[NH+](CC#CC[C@](O)(c1ccccc1)C1CCCC1)CCO. The molecule has 0 bridgehead atoms. The summed E-state index contributed by atoms with van der Waals surface area (Å²) in [6.45, 7) is 5.91. The van der Waals surface area contributed by atoms with Crippen molar-refractivity contribution in [3.63, 3.8) is 0 Å². The fourth-order valence-electron chi connectivity index (χ4n) is 3.71. The first-order valence-corrected chi connectivity index (χ1v) is 9.27. The van der Waals surface area contributed by atoms with Gasteiger partial charge in [0.05, 0.1) is 12.6 Å². The van der Waals surface area contributed by atoms with Gasteiger partial charge in [-0.25, -0.2) is 0 Å². The molecule has 0 radical (unpaired) electrons. The van der Waals surface area contributed by atoms with Gasteiger partial charge in [-0.05, 0) is 44.1 Å². The highest BCUT2D eigenvalue weighted by Crippen LogP contribution is 2.42. The Kier molecular flexibility index (Phi) is 7.30. The normalized spacial score (nSPS) is 18.9. The van der Waals surface area contributed by atoms with E-state index >= 15 is 0 Å². The van der Waals surface area contributed by atoms with Gasteiger partial charge in [0.2, 0.25) is 0 Å². The molecule has 1 aromatic carbocycles. The van der Waals surface area contributed by atoms with Gasteiger partial charge in [-0.3, -0.25) is 0 Å². The van der Waals surface area contributed by atoms with Gasteiger partial charge in [0.25, 0.3) is 0 Å². The zero-order chi connectivity index (χ0) is 17.4. The van der Waals surface area contributed by atoms with Gasteiger partial charge >= 0.3 is 0 Å². The third kappa shape index (κ3) is 4.83. The first-order chi connectivity index (χ1) is 11.6. The Morgan fingerprint density at radius 2 is 1.83 bits per heavy atom. The molecule has 0 heterocycles. The van der Waals surface area contributed by atoms with Crippen LogP contribution in [-0.4, -0.2) is 36.0 Å². The van der Waals surface area contributed by atoms with Crippen molar-refractivity contribution in [2.45, 2.75) is 57.6 Å². The molecule has 1 saturated carbocycles. The van der Waals surface area contributed by atoms with Crippen LogP contribution >= 0.6 is 0 Å². The largest absolute Gasteiger partial charge is 0.391 e. The minimum atomic E-state index is -0.834. The van der Waals surface area contributed by atoms with Crippen molar-refractivity contribution in [1.29, 1.82) is 0 Å². The second-order valence-corrected chi connectivity index (χ2v) is 7.27. The molecule has 1 unspecified atom stereocenters. The summed E-state index contributed by atoms with van der Waals surface area (Å²) in [5.41, 5.74) is 0.161. The number of aliphatic hydroxyl groups is 2. The fourth-order valence-corrected chi connectivity index (χ4v) is 3.71. The maximum Gasteiger partial charge on any atom is 0.139 e. The van der Waals surface area contributed by atoms with Gasteiger partial charge < -0.3 is 15.1 Å². The summed E-state index contributed by atoms with van der Waals surface area (Å²) in [4.78, 5) is 1.29. The first-order valence-electron chi connectivity index (χ1n) is 9.27. The molecular formula is C21H32NO2+. The molecule has 0 spiro atoms. The number of quaternary nitrogens is 1. The van der Waals surface area contributed by atoms with Crippen LogP contribution < -0.4 is 4.90 Å². The van der Waals surface area contributed by atoms with E-state index in [-0.39, 0.29) is 6.61 Å². The Labute approximate surface area is 146 Å². The highest BCUT2D eigenvalue weighted by molar-refractivity contribution is 5.26. The summed E-state index contributed by atoms with van der Waals surface area (Å²) >= 11 is 0. The van der Waals surface area contributed by atoms with Crippen LogP contribution in [-0.2, 0) is 5.60 Å². The van der Waals surface area contributed by atoms with Crippen molar-refractivity contribution >= 4 is 0 Å². The molecule has 3 N–H and O–H groups in total. The van der Waals surface area contributed by atoms with Crippen LogP contribution in [0.5, 0.6) is 0 Å². The van der Waals surface area contributed by atoms with E-state index in [0.29, 0.717) is 24.9 Å². The smallest absolute Gasteiger partial charge is 0.139 e. The molecule has 132 valence electrons. The highest BCUT2D eigenvalue weighted by atomic mass is 16.3. The number of nitrogens with one attached hydrogen (secondary N) is 1. The standard InChI is InChI=1S/C21H31NO2/c1-18(2)22(16-17-23)15-9-8-14-21(24,20-12-6-7-13-20)19-10-4-3-5-11-19/h3-5,10-11,18,20,23-24H,6-7,12-17H2,1-2H3/p+1/t21-/m0/s1. The van der Waals surface area contributed by atoms with Gasteiger partial charge in [-0.15, -0.1) is 0 Å². The van der Waals surface area contributed by atoms with E-state index in [1.807, 2.05) is 30.3 Å². The van der Waals surface area contributed by atoms with Crippen molar-refractivity contribution in [3.8, 4) is 11.8 Å². The summed E-state index contributed by atoms with van der Waals surface area (Å²) in [7, 11) is 0. The summed E-state index contributed by atoms with van der Waals surface area (Å²) in [6.07, 6.45) is 5.07. The molecule has 2 rings (SSSR count). The molecule has 3 heteroatoms.